The molecular formula is C9H19NO. The van der Waals surface area contributed by atoms with Gasteiger partial charge in [0, 0.05) is 18.7 Å². The van der Waals surface area contributed by atoms with Crippen molar-refractivity contribution >= 4 is 0 Å². The zero-order valence-corrected chi connectivity index (χ0v) is 7.34. The van der Waals surface area contributed by atoms with E-state index in [9.17, 15) is 0 Å². The van der Waals surface area contributed by atoms with Gasteiger partial charge in [-0.15, -0.1) is 0 Å². The molecule has 0 aromatic heterocycles. The third-order valence-corrected chi connectivity index (χ3v) is 2.42. The first kappa shape index (κ1) is 9.01. The Morgan fingerprint density at radius 2 is 2.27 bits per heavy atom. The molecular weight excluding hydrogens is 138 g/mol. The fraction of sp³-hybridized carbons (Fsp3) is 1.00. The van der Waals surface area contributed by atoms with Crippen LogP contribution >= 0.6 is 0 Å². The Morgan fingerprint density at radius 3 is 2.73 bits per heavy atom. The first-order valence-electron chi connectivity index (χ1n) is 4.70. The van der Waals surface area contributed by atoms with Crippen molar-refractivity contribution in [1.82, 2.24) is 5.32 Å². The summed E-state index contributed by atoms with van der Waals surface area (Å²) in [7, 11) is 0. The molecule has 0 radical (unpaired) electrons. The van der Waals surface area contributed by atoms with Crippen LogP contribution in [0, 0.1) is 0 Å². The van der Waals surface area contributed by atoms with Crippen LogP contribution in [0.2, 0.25) is 0 Å². The van der Waals surface area contributed by atoms with Crippen molar-refractivity contribution in [2.45, 2.75) is 51.1 Å². The van der Waals surface area contributed by atoms with Gasteiger partial charge in [0.2, 0.25) is 0 Å². The molecule has 0 amide bonds. The predicted molar refractivity (Wildman–Crippen MR) is 46.6 cm³/mol. The van der Waals surface area contributed by atoms with Crippen molar-refractivity contribution in [2.75, 3.05) is 6.61 Å². The molecule has 1 fully saturated rings. The van der Waals surface area contributed by atoms with Gasteiger partial charge in [0.15, 0.2) is 0 Å². The average molecular weight is 157 g/mol. The molecule has 0 spiro atoms. The predicted octanol–water partition coefficient (Wildman–Crippen LogP) is 1.29. The maximum absolute atomic E-state index is 8.59. The molecule has 2 N–H and O–H groups in total. The van der Waals surface area contributed by atoms with Crippen LogP contribution in [0.3, 0.4) is 0 Å². The summed E-state index contributed by atoms with van der Waals surface area (Å²) in [5.41, 5.74) is 0. The van der Waals surface area contributed by atoms with Crippen LogP contribution in [-0.4, -0.2) is 23.8 Å². The second-order valence-corrected chi connectivity index (χ2v) is 3.56. The van der Waals surface area contributed by atoms with Crippen LogP contribution in [0.4, 0.5) is 0 Å². The maximum atomic E-state index is 8.59. The van der Waals surface area contributed by atoms with Gasteiger partial charge in [-0.25, -0.2) is 0 Å². The Bertz CT molecular complexity index is 102. The van der Waals surface area contributed by atoms with E-state index in [1.807, 2.05) is 0 Å². The second kappa shape index (κ2) is 4.73. The molecule has 0 aliphatic heterocycles. The lowest BCUT2D eigenvalue weighted by atomic mass is 9.92. The van der Waals surface area contributed by atoms with Gasteiger partial charge in [-0.1, -0.05) is 6.42 Å². The van der Waals surface area contributed by atoms with E-state index in [1.165, 1.54) is 19.3 Å². The van der Waals surface area contributed by atoms with E-state index in [0.29, 0.717) is 12.6 Å². The molecule has 11 heavy (non-hydrogen) atoms. The first-order valence-corrected chi connectivity index (χ1v) is 4.70. The van der Waals surface area contributed by atoms with Gasteiger partial charge in [-0.05, 0) is 32.6 Å². The molecule has 0 saturated heterocycles. The molecule has 0 bridgehead atoms. The molecule has 1 saturated carbocycles. The zero-order valence-electron chi connectivity index (χ0n) is 7.34. The standard InChI is InChI=1S/C9H19NO/c1-8(4-3-7-11)10-9-5-2-6-9/h8-11H,2-7H2,1H3. The third kappa shape index (κ3) is 3.21. The second-order valence-electron chi connectivity index (χ2n) is 3.56. The van der Waals surface area contributed by atoms with Crippen molar-refractivity contribution in [1.29, 1.82) is 0 Å². The fourth-order valence-corrected chi connectivity index (χ4v) is 1.46. The summed E-state index contributed by atoms with van der Waals surface area (Å²) in [5, 5.41) is 12.1. The van der Waals surface area contributed by atoms with Crippen LogP contribution in [0.25, 0.3) is 0 Å². The van der Waals surface area contributed by atoms with Gasteiger partial charge < -0.3 is 10.4 Å². The number of aliphatic hydroxyl groups is 1. The van der Waals surface area contributed by atoms with Crippen molar-refractivity contribution in [2.24, 2.45) is 0 Å². The van der Waals surface area contributed by atoms with E-state index >= 15 is 0 Å². The minimum absolute atomic E-state index is 0.330. The molecule has 1 unspecified atom stereocenters. The molecule has 1 aliphatic carbocycles. The van der Waals surface area contributed by atoms with Crippen LogP contribution in [0.5, 0.6) is 0 Å². The summed E-state index contributed by atoms with van der Waals surface area (Å²) < 4.78 is 0. The number of hydrogen-bond acceptors (Lipinski definition) is 2. The van der Waals surface area contributed by atoms with Gasteiger partial charge in [0.25, 0.3) is 0 Å². The normalized spacial score (nSPS) is 21.3. The Hall–Kier alpha value is -0.0800. The molecule has 2 heteroatoms. The van der Waals surface area contributed by atoms with Crippen molar-refractivity contribution in [3.05, 3.63) is 0 Å². The first-order chi connectivity index (χ1) is 5.33. The van der Waals surface area contributed by atoms with Gasteiger partial charge >= 0.3 is 0 Å². The number of aliphatic hydroxyl groups excluding tert-OH is 1. The SMILES string of the molecule is CC(CCCO)NC1CCC1. The molecule has 1 atom stereocenters. The van der Waals surface area contributed by atoms with Gasteiger partial charge in [-0.3, -0.25) is 0 Å². The fourth-order valence-electron chi connectivity index (χ4n) is 1.46. The molecule has 1 aliphatic rings. The van der Waals surface area contributed by atoms with Gasteiger partial charge in [0.1, 0.15) is 0 Å². The largest absolute Gasteiger partial charge is 0.396 e. The quantitative estimate of drug-likeness (QED) is 0.630. The lowest BCUT2D eigenvalue weighted by molar-refractivity contribution is 0.260. The summed E-state index contributed by atoms with van der Waals surface area (Å²) in [6, 6.07) is 1.37. The van der Waals surface area contributed by atoms with Gasteiger partial charge in [0.05, 0.1) is 0 Å². The molecule has 2 nitrogen and oxygen atoms in total. The van der Waals surface area contributed by atoms with E-state index in [0.717, 1.165) is 18.9 Å². The summed E-state index contributed by atoms with van der Waals surface area (Å²) in [6.45, 7) is 2.53. The third-order valence-electron chi connectivity index (χ3n) is 2.42. The van der Waals surface area contributed by atoms with E-state index in [2.05, 4.69) is 12.2 Å². The zero-order chi connectivity index (χ0) is 8.10. The summed E-state index contributed by atoms with van der Waals surface area (Å²) in [5.74, 6) is 0. The minimum Gasteiger partial charge on any atom is -0.396 e. The Balaban J connectivity index is 1.95. The van der Waals surface area contributed by atoms with Crippen LogP contribution < -0.4 is 5.32 Å². The smallest absolute Gasteiger partial charge is 0.0431 e. The van der Waals surface area contributed by atoms with Crippen LogP contribution in [0.1, 0.15) is 39.0 Å². The van der Waals surface area contributed by atoms with E-state index in [1.54, 1.807) is 0 Å². The summed E-state index contributed by atoms with van der Waals surface area (Å²) in [6.07, 6.45) is 6.13. The number of rotatable bonds is 5. The van der Waals surface area contributed by atoms with Crippen molar-refractivity contribution in [3.8, 4) is 0 Å². The Morgan fingerprint density at radius 1 is 1.55 bits per heavy atom. The molecule has 66 valence electrons. The molecule has 0 heterocycles. The monoisotopic (exact) mass is 157 g/mol. The lowest BCUT2D eigenvalue weighted by Gasteiger charge is -2.29. The maximum Gasteiger partial charge on any atom is 0.0431 e. The number of nitrogens with one attached hydrogen (secondary N) is 1. The van der Waals surface area contributed by atoms with Gasteiger partial charge in [-0.2, -0.15) is 0 Å². The summed E-state index contributed by atoms with van der Waals surface area (Å²) in [4.78, 5) is 0. The minimum atomic E-state index is 0.330. The highest BCUT2D eigenvalue weighted by atomic mass is 16.2. The Kier molecular flexibility index (Phi) is 3.87. The highest BCUT2D eigenvalue weighted by Crippen LogP contribution is 2.19. The van der Waals surface area contributed by atoms with Crippen molar-refractivity contribution < 1.29 is 5.11 Å². The highest BCUT2D eigenvalue weighted by molar-refractivity contribution is 4.78. The molecule has 1 rings (SSSR count). The average Bonchev–Trinajstić information content (AvgIpc) is 1.93. The van der Waals surface area contributed by atoms with E-state index < -0.39 is 0 Å². The number of hydrogen-bond donors (Lipinski definition) is 2. The van der Waals surface area contributed by atoms with Crippen LogP contribution in [0.15, 0.2) is 0 Å². The topological polar surface area (TPSA) is 32.3 Å². The van der Waals surface area contributed by atoms with Crippen LogP contribution in [-0.2, 0) is 0 Å². The highest BCUT2D eigenvalue weighted by Gasteiger charge is 2.18. The van der Waals surface area contributed by atoms with E-state index in [4.69, 9.17) is 5.11 Å². The Labute approximate surface area is 69.0 Å². The molecule has 0 aromatic rings. The van der Waals surface area contributed by atoms with E-state index in [-0.39, 0.29) is 0 Å². The van der Waals surface area contributed by atoms with Crippen molar-refractivity contribution in [3.63, 3.8) is 0 Å². The summed E-state index contributed by atoms with van der Waals surface area (Å²) >= 11 is 0. The molecule has 0 aromatic carbocycles. The lowest BCUT2D eigenvalue weighted by Crippen LogP contribution is -2.40.